The van der Waals surface area contributed by atoms with E-state index in [0.717, 1.165) is 24.1 Å². The molecule has 0 amide bonds. The Kier molecular flexibility index (Phi) is 3.63. The SMILES string of the molecule is CCc1cc(CC(C)(O)CC=O)n(C)n1. The largest absolute Gasteiger partial charge is 0.389 e. The number of aromatic nitrogens is 2. The minimum Gasteiger partial charge on any atom is -0.389 e. The molecule has 1 rings (SSSR count). The summed E-state index contributed by atoms with van der Waals surface area (Å²) in [6.07, 6.45) is 2.23. The third-order valence-electron chi connectivity index (χ3n) is 2.47. The van der Waals surface area contributed by atoms with Gasteiger partial charge in [0.15, 0.2) is 0 Å². The Morgan fingerprint density at radius 1 is 1.67 bits per heavy atom. The molecule has 0 aromatic carbocycles. The maximum absolute atomic E-state index is 10.4. The highest BCUT2D eigenvalue weighted by atomic mass is 16.3. The zero-order valence-corrected chi connectivity index (χ0v) is 9.53. The Morgan fingerprint density at radius 2 is 2.33 bits per heavy atom. The minimum atomic E-state index is -0.972. The lowest BCUT2D eigenvalue weighted by Crippen LogP contribution is -2.28. The number of hydrogen-bond donors (Lipinski definition) is 1. The van der Waals surface area contributed by atoms with E-state index in [2.05, 4.69) is 5.10 Å². The highest BCUT2D eigenvalue weighted by Gasteiger charge is 2.22. The molecule has 1 atom stereocenters. The van der Waals surface area contributed by atoms with Crippen LogP contribution in [0.3, 0.4) is 0 Å². The van der Waals surface area contributed by atoms with Gasteiger partial charge in [0.05, 0.1) is 11.3 Å². The van der Waals surface area contributed by atoms with Crippen molar-refractivity contribution in [3.8, 4) is 0 Å². The smallest absolute Gasteiger partial charge is 0.122 e. The van der Waals surface area contributed by atoms with Crippen LogP contribution in [0.2, 0.25) is 0 Å². The number of aryl methyl sites for hydroxylation is 2. The summed E-state index contributed by atoms with van der Waals surface area (Å²) in [5.41, 5.74) is 0.994. The fourth-order valence-corrected chi connectivity index (χ4v) is 1.55. The Hall–Kier alpha value is -1.16. The maximum atomic E-state index is 10.4. The molecule has 1 aromatic heterocycles. The lowest BCUT2D eigenvalue weighted by molar-refractivity contribution is -0.111. The van der Waals surface area contributed by atoms with Crippen molar-refractivity contribution in [2.75, 3.05) is 0 Å². The van der Waals surface area contributed by atoms with Crippen LogP contribution in [0.15, 0.2) is 6.07 Å². The summed E-state index contributed by atoms with van der Waals surface area (Å²) in [6, 6.07) is 1.97. The highest BCUT2D eigenvalue weighted by molar-refractivity contribution is 5.51. The summed E-state index contributed by atoms with van der Waals surface area (Å²) in [6.45, 7) is 3.70. The van der Waals surface area contributed by atoms with Crippen molar-refractivity contribution >= 4 is 6.29 Å². The molecule has 1 N–H and O–H groups in total. The van der Waals surface area contributed by atoms with Gasteiger partial charge in [0.25, 0.3) is 0 Å². The van der Waals surface area contributed by atoms with Crippen LogP contribution in [0.1, 0.15) is 31.7 Å². The molecule has 84 valence electrons. The zero-order valence-electron chi connectivity index (χ0n) is 9.53. The molecule has 4 heteroatoms. The molecule has 1 heterocycles. The summed E-state index contributed by atoms with van der Waals surface area (Å²) in [7, 11) is 1.85. The number of carbonyl (C=O) groups excluding carboxylic acids is 1. The minimum absolute atomic E-state index is 0.152. The van der Waals surface area contributed by atoms with Crippen LogP contribution in [-0.2, 0) is 24.7 Å². The predicted octanol–water partition coefficient (Wildman–Crippen LogP) is 0.865. The molecule has 0 radical (unpaired) electrons. The van der Waals surface area contributed by atoms with Gasteiger partial charge in [-0.1, -0.05) is 6.92 Å². The molecule has 0 spiro atoms. The first-order valence-electron chi connectivity index (χ1n) is 5.16. The quantitative estimate of drug-likeness (QED) is 0.733. The van der Waals surface area contributed by atoms with Crippen LogP contribution < -0.4 is 0 Å². The molecule has 0 bridgehead atoms. The number of nitrogens with zero attached hydrogens (tertiary/aromatic N) is 2. The van der Waals surface area contributed by atoms with Crippen LogP contribution in [0.25, 0.3) is 0 Å². The molecule has 0 aliphatic carbocycles. The Morgan fingerprint density at radius 3 is 2.80 bits per heavy atom. The molecule has 0 saturated carbocycles. The van der Waals surface area contributed by atoms with E-state index in [1.54, 1.807) is 11.6 Å². The molecule has 0 aliphatic rings. The van der Waals surface area contributed by atoms with E-state index in [4.69, 9.17) is 0 Å². The maximum Gasteiger partial charge on any atom is 0.122 e. The molecule has 0 fully saturated rings. The third-order valence-corrected chi connectivity index (χ3v) is 2.47. The van der Waals surface area contributed by atoms with E-state index >= 15 is 0 Å². The van der Waals surface area contributed by atoms with Crippen molar-refractivity contribution in [2.24, 2.45) is 7.05 Å². The highest BCUT2D eigenvalue weighted by Crippen LogP contribution is 2.16. The third kappa shape index (κ3) is 3.16. The number of carbonyl (C=O) groups is 1. The van der Waals surface area contributed by atoms with Crippen LogP contribution in [-0.4, -0.2) is 26.8 Å². The summed E-state index contributed by atoms with van der Waals surface area (Å²) < 4.78 is 1.76. The fourth-order valence-electron chi connectivity index (χ4n) is 1.55. The Balaban J connectivity index is 2.79. The van der Waals surface area contributed by atoms with Gasteiger partial charge < -0.3 is 9.90 Å². The molecule has 1 aromatic rings. The van der Waals surface area contributed by atoms with Gasteiger partial charge in [-0.3, -0.25) is 4.68 Å². The van der Waals surface area contributed by atoms with E-state index in [1.165, 1.54) is 0 Å². The van der Waals surface area contributed by atoms with Crippen LogP contribution in [0.4, 0.5) is 0 Å². The van der Waals surface area contributed by atoms with E-state index in [9.17, 15) is 9.90 Å². The van der Waals surface area contributed by atoms with Gasteiger partial charge in [-0.15, -0.1) is 0 Å². The molecule has 1 unspecified atom stereocenters. The lowest BCUT2D eigenvalue weighted by atomic mass is 9.97. The predicted molar refractivity (Wildman–Crippen MR) is 57.6 cm³/mol. The first-order chi connectivity index (χ1) is 6.98. The van der Waals surface area contributed by atoms with Gasteiger partial charge in [-0.25, -0.2) is 0 Å². The van der Waals surface area contributed by atoms with Gasteiger partial charge in [0.1, 0.15) is 6.29 Å². The van der Waals surface area contributed by atoms with Gasteiger partial charge in [-0.2, -0.15) is 5.10 Å². The summed E-state index contributed by atoms with van der Waals surface area (Å²) in [4.78, 5) is 10.4. The fraction of sp³-hybridized carbons (Fsp3) is 0.636. The molecule has 0 saturated heterocycles. The Labute approximate surface area is 89.9 Å². The molecule has 4 nitrogen and oxygen atoms in total. The van der Waals surface area contributed by atoms with E-state index < -0.39 is 5.60 Å². The first-order valence-corrected chi connectivity index (χ1v) is 5.16. The zero-order chi connectivity index (χ0) is 11.5. The monoisotopic (exact) mass is 210 g/mol. The second-order valence-corrected chi connectivity index (χ2v) is 4.15. The number of aliphatic hydroxyl groups is 1. The average molecular weight is 210 g/mol. The average Bonchev–Trinajstić information content (AvgIpc) is 2.46. The van der Waals surface area contributed by atoms with Crippen LogP contribution in [0, 0.1) is 0 Å². The summed E-state index contributed by atoms with van der Waals surface area (Å²) in [5, 5.41) is 14.2. The molecule has 0 aliphatic heterocycles. The topological polar surface area (TPSA) is 55.1 Å². The van der Waals surface area contributed by atoms with Gasteiger partial charge in [-0.05, 0) is 19.4 Å². The summed E-state index contributed by atoms with van der Waals surface area (Å²) in [5.74, 6) is 0. The number of aldehydes is 1. The Bertz CT molecular complexity index is 342. The van der Waals surface area contributed by atoms with E-state index in [-0.39, 0.29) is 6.42 Å². The molecular formula is C11H18N2O2. The lowest BCUT2D eigenvalue weighted by Gasteiger charge is -2.19. The number of hydrogen-bond acceptors (Lipinski definition) is 3. The van der Waals surface area contributed by atoms with Gasteiger partial charge in [0, 0.05) is 25.6 Å². The van der Waals surface area contributed by atoms with Crippen LogP contribution >= 0.6 is 0 Å². The second kappa shape index (κ2) is 4.57. The van der Waals surface area contributed by atoms with Crippen molar-refractivity contribution in [3.05, 3.63) is 17.5 Å². The standard InChI is InChI=1S/C11H18N2O2/c1-4-9-7-10(13(3)12-9)8-11(2,15)5-6-14/h6-7,15H,4-5,8H2,1-3H3. The van der Waals surface area contributed by atoms with Crippen molar-refractivity contribution in [1.82, 2.24) is 9.78 Å². The molecular weight excluding hydrogens is 192 g/mol. The van der Waals surface area contributed by atoms with Crippen molar-refractivity contribution in [2.45, 2.75) is 38.7 Å². The van der Waals surface area contributed by atoms with Crippen LogP contribution in [0.5, 0.6) is 0 Å². The van der Waals surface area contributed by atoms with Crippen molar-refractivity contribution in [3.63, 3.8) is 0 Å². The van der Waals surface area contributed by atoms with E-state index in [0.29, 0.717) is 6.42 Å². The van der Waals surface area contributed by atoms with Gasteiger partial charge in [0.2, 0.25) is 0 Å². The van der Waals surface area contributed by atoms with Crippen molar-refractivity contribution in [1.29, 1.82) is 0 Å². The van der Waals surface area contributed by atoms with Gasteiger partial charge >= 0.3 is 0 Å². The normalized spacial score (nSPS) is 14.9. The molecule has 15 heavy (non-hydrogen) atoms. The first kappa shape index (κ1) is 11.9. The number of rotatable bonds is 5. The summed E-state index contributed by atoms with van der Waals surface area (Å²) >= 11 is 0. The second-order valence-electron chi connectivity index (χ2n) is 4.15. The van der Waals surface area contributed by atoms with Crippen molar-refractivity contribution < 1.29 is 9.90 Å². The van der Waals surface area contributed by atoms with E-state index in [1.807, 2.05) is 20.0 Å².